The number of halogens is 5. The summed E-state index contributed by atoms with van der Waals surface area (Å²) in [4.78, 5) is 11.7. The summed E-state index contributed by atoms with van der Waals surface area (Å²) in [6.07, 6.45) is -5.58. The Morgan fingerprint density at radius 3 is 2.12 bits per heavy atom. The zero-order chi connectivity index (χ0) is 20.3. The molecule has 0 aromatic heterocycles. The number of hydrogen-bond acceptors (Lipinski definition) is 4. The van der Waals surface area contributed by atoms with Gasteiger partial charge in [-0.25, -0.2) is 9.18 Å². The van der Waals surface area contributed by atoms with E-state index in [2.05, 4.69) is 15.1 Å². The Kier molecular flexibility index (Phi) is 6.98. The zero-order valence-electron chi connectivity index (χ0n) is 14.9. The lowest BCUT2D eigenvalue weighted by molar-refractivity contribution is -0.242. The first-order valence-electron chi connectivity index (χ1n) is 7.70. The summed E-state index contributed by atoms with van der Waals surface area (Å²) in [5, 5.41) is 8.95. The second-order valence-corrected chi connectivity index (χ2v) is 6.50. The highest BCUT2D eigenvalue weighted by atomic mass is 35.5. The summed E-state index contributed by atoms with van der Waals surface area (Å²) in [5.41, 5.74) is -5.99. The van der Waals surface area contributed by atoms with E-state index in [1.807, 2.05) is 27.7 Å². The number of benzene rings is 1. The van der Waals surface area contributed by atoms with Crippen molar-refractivity contribution < 1.29 is 27.1 Å². The largest absolute Gasteiger partial charge is 0.466 e. The monoisotopic (exact) mass is 397 g/mol. The molecule has 0 amide bonds. The van der Waals surface area contributed by atoms with Crippen molar-refractivity contribution in [2.75, 3.05) is 7.11 Å². The quantitative estimate of drug-likeness (QED) is 0.281. The molecule has 1 aromatic carbocycles. The maximum Gasteiger partial charge on any atom is 0.438 e. The normalized spacial score (nSPS) is 14.8. The summed E-state index contributed by atoms with van der Waals surface area (Å²) in [6, 6.07) is 2.77. The van der Waals surface area contributed by atoms with Crippen LogP contribution in [0.15, 0.2) is 28.5 Å². The van der Waals surface area contributed by atoms with Crippen LogP contribution in [-0.2, 0) is 15.2 Å². The van der Waals surface area contributed by atoms with Crippen LogP contribution in [0.5, 0.6) is 0 Å². The molecule has 1 aromatic rings. The van der Waals surface area contributed by atoms with Crippen molar-refractivity contribution >= 4 is 23.3 Å². The van der Waals surface area contributed by atoms with Crippen molar-refractivity contribution in [3.63, 3.8) is 0 Å². The Balaban J connectivity index is 3.58. The van der Waals surface area contributed by atoms with Crippen LogP contribution in [0.2, 0.25) is 5.02 Å². The van der Waals surface area contributed by atoms with Gasteiger partial charge in [-0.3, -0.25) is 5.01 Å². The number of esters is 1. The molecule has 0 fully saturated rings. The summed E-state index contributed by atoms with van der Waals surface area (Å²) >= 11 is 5.72. The number of alkyl halides is 4. The molecule has 0 aliphatic rings. The fraction of sp³-hybridized carbons (Fsp3) is 0.562. The smallest absolute Gasteiger partial charge is 0.438 e. The Labute approximate surface area is 153 Å². The molecule has 0 aliphatic carbocycles. The van der Waals surface area contributed by atoms with Gasteiger partial charge in [0.15, 0.2) is 0 Å². The predicted molar refractivity (Wildman–Crippen MR) is 88.9 cm³/mol. The van der Waals surface area contributed by atoms with Crippen molar-refractivity contribution in [2.24, 2.45) is 10.3 Å². The second kappa shape index (κ2) is 8.20. The van der Waals surface area contributed by atoms with Crippen LogP contribution in [0.3, 0.4) is 0 Å². The number of carbonyl (C=O) groups is 1. The van der Waals surface area contributed by atoms with Crippen LogP contribution in [0.1, 0.15) is 33.3 Å². The van der Waals surface area contributed by atoms with Crippen molar-refractivity contribution in [1.29, 1.82) is 0 Å². The Morgan fingerprint density at radius 1 is 1.15 bits per heavy atom. The maximum atomic E-state index is 14.9. The van der Waals surface area contributed by atoms with Gasteiger partial charge >= 0.3 is 17.8 Å². The molecule has 1 atom stereocenters. The van der Waals surface area contributed by atoms with Crippen molar-refractivity contribution in [2.45, 2.75) is 51.6 Å². The first-order valence-corrected chi connectivity index (χ1v) is 8.08. The minimum Gasteiger partial charge on any atom is -0.466 e. The van der Waals surface area contributed by atoms with Gasteiger partial charge in [-0.15, -0.1) is 5.11 Å². The molecular formula is C16H20ClF4N3O2. The predicted octanol–water partition coefficient (Wildman–Crippen LogP) is 5.36. The summed E-state index contributed by atoms with van der Waals surface area (Å²) in [7, 11) is 0.660. The van der Waals surface area contributed by atoms with E-state index in [9.17, 15) is 22.4 Å². The summed E-state index contributed by atoms with van der Waals surface area (Å²) in [5.74, 6) is -2.12. The van der Waals surface area contributed by atoms with Gasteiger partial charge < -0.3 is 4.74 Å². The average molecular weight is 398 g/mol. The number of hydrogen-bond donors (Lipinski definition) is 0. The number of carbonyl (C=O) groups excluding carboxylic acids is 1. The van der Waals surface area contributed by atoms with Crippen molar-refractivity contribution in [3.8, 4) is 0 Å². The van der Waals surface area contributed by atoms with E-state index >= 15 is 0 Å². The number of nitrogens with zero attached hydrogens (tertiary/aromatic N) is 3. The minimum absolute atomic E-state index is 0.104. The SMILES string of the molecule is COC(=O)C(F)(c1cc(Cl)ccc1N=NN(C(C)C)C(C)C)C(F)(F)F. The van der Waals surface area contributed by atoms with E-state index < -0.39 is 29.1 Å². The van der Waals surface area contributed by atoms with E-state index in [1.165, 1.54) is 11.1 Å². The highest BCUT2D eigenvalue weighted by Gasteiger charge is 2.65. The van der Waals surface area contributed by atoms with Gasteiger partial charge in [0.05, 0.1) is 12.8 Å². The maximum absolute atomic E-state index is 14.9. The topological polar surface area (TPSA) is 54.3 Å². The standard InChI is InChI=1S/C16H20ClF4N3O2/c1-9(2)24(10(3)4)23-22-13-7-6-11(17)8-12(13)15(18,14(25)26-5)16(19,20)21/h6-10H,1-5H3. The molecule has 0 aliphatic heterocycles. The van der Waals surface area contributed by atoms with Crippen molar-refractivity contribution in [1.82, 2.24) is 5.01 Å². The average Bonchev–Trinajstić information content (AvgIpc) is 2.52. The van der Waals surface area contributed by atoms with Gasteiger partial charge in [0.25, 0.3) is 0 Å². The lowest BCUT2D eigenvalue weighted by Gasteiger charge is -2.28. The molecule has 0 N–H and O–H groups in total. The number of ether oxygens (including phenoxy) is 1. The molecule has 0 bridgehead atoms. The molecule has 0 radical (unpaired) electrons. The molecule has 146 valence electrons. The van der Waals surface area contributed by atoms with E-state index in [0.29, 0.717) is 13.2 Å². The molecule has 0 heterocycles. The molecule has 1 rings (SSSR count). The Hall–Kier alpha value is -1.90. The van der Waals surface area contributed by atoms with E-state index in [0.717, 1.165) is 6.07 Å². The van der Waals surface area contributed by atoms with Gasteiger partial charge in [-0.05, 0) is 45.9 Å². The van der Waals surface area contributed by atoms with Crippen LogP contribution < -0.4 is 0 Å². The van der Waals surface area contributed by atoms with Gasteiger partial charge in [0.1, 0.15) is 0 Å². The highest BCUT2D eigenvalue weighted by molar-refractivity contribution is 6.30. The highest BCUT2D eigenvalue weighted by Crippen LogP contribution is 2.47. The zero-order valence-corrected chi connectivity index (χ0v) is 15.7. The molecule has 0 saturated heterocycles. The van der Waals surface area contributed by atoms with Crippen LogP contribution in [-0.4, -0.2) is 36.3 Å². The first-order chi connectivity index (χ1) is 11.9. The Morgan fingerprint density at radius 2 is 1.69 bits per heavy atom. The summed E-state index contributed by atoms with van der Waals surface area (Å²) in [6.45, 7) is 7.24. The van der Waals surface area contributed by atoms with Crippen LogP contribution in [0.25, 0.3) is 0 Å². The minimum atomic E-state index is -5.58. The van der Waals surface area contributed by atoms with Gasteiger partial charge in [-0.2, -0.15) is 13.2 Å². The van der Waals surface area contributed by atoms with Crippen LogP contribution in [0, 0.1) is 0 Å². The Bertz CT molecular complexity index is 672. The second-order valence-electron chi connectivity index (χ2n) is 6.07. The van der Waals surface area contributed by atoms with Crippen LogP contribution in [0.4, 0.5) is 23.2 Å². The fourth-order valence-electron chi connectivity index (χ4n) is 2.29. The molecular weight excluding hydrogens is 378 g/mol. The first kappa shape index (κ1) is 22.1. The molecule has 0 saturated carbocycles. The summed E-state index contributed by atoms with van der Waals surface area (Å²) < 4.78 is 59.1. The molecule has 1 unspecified atom stereocenters. The third-order valence-corrected chi connectivity index (χ3v) is 3.74. The molecule has 26 heavy (non-hydrogen) atoms. The number of methoxy groups -OCH3 is 1. The molecule has 5 nitrogen and oxygen atoms in total. The van der Waals surface area contributed by atoms with Gasteiger partial charge in [0.2, 0.25) is 0 Å². The number of rotatable bonds is 6. The third-order valence-electron chi connectivity index (χ3n) is 3.50. The van der Waals surface area contributed by atoms with E-state index in [1.54, 1.807) is 0 Å². The van der Waals surface area contributed by atoms with E-state index in [-0.39, 0.29) is 17.1 Å². The van der Waals surface area contributed by atoms with Crippen molar-refractivity contribution in [3.05, 3.63) is 28.8 Å². The van der Waals surface area contributed by atoms with Gasteiger partial charge in [-0.1, -0.05) is 16.8 Å². The van der Waals surface area contributed by atoms with Gasteiger partial charge in [0, 0.05) is 22.7 Å². The lowest BCUT2D eigenvalue weighted by Crippen LogP contribution is -2.46. The lowest BCUT2D eigenvalue weighted by atomic mass is 9.93. The third kappa shape index (κ3) is 4.44. The fourth-order valence-corrected chi connectivity index (χ4v) is 2.47. The van der Waals surface area contributed by atoms with Crippen LogP contribution >= 0.6 is 11.6 Å². The van der Waals surface area contributed by atoms with E-state index in [4.69, 9.17) is 11.6 Å². The molecule has 10 heteroatoms. The molecule has 0 spiro atoms.